The van der Waals surface area contributed by atoms with Gasteiger partial charge in [0, 0.05) is 42.8 Å². The zero-order valence-corrected chi connectivity index (χ0v) is 14.0. The lowest BCUT2D eigenvalue weighted by atomic mass is 10.1. The number of rotatable bonds is 5. The molecule has 0 bridgehead atoms. The van der Waals surface area contributed by atoms with Crippen LogP contribution in [0.25, 0.3) is 0 Å². The van der Waals surface area contributed by atoms with E-state index >= 15 is 0 Å². The number of nitrogens with zero attached hydrogens (tertiary/aromatic N) is 2. The number of nitrogen functional groups attached to an aromatic ring is 1. The predicted molar refractivity (Wildman–Crippen MR) is 92.8 cm³/mol. The van der Waals surface area contributed by atoms with Gasteiger partial charge in [0.05, 0.1) is 5.56 Å². The maximum atomic E-state index is 7.95. The Labute approximate surface area is 132 Å². The van der Waals surface area contributed by atoms with Gasteiger partial charge in [0.25, 0.3) is 0 Å². The molecule has 0 unspecified atom stereocenters. The summed E-state index contributed by atoms with van der Waals surface area (Å²) in [5, 5.41) is 7.95. The summed E-state index contributed by atoms with van der Waals surface area (Å²) < 4.78 is 0. The molecule has 1 aromatic carbocycles. The van der Waals surface area contributed by atoms with Crippen LogP contribution in [0.1, 0.15) is 26.3 Å². The minimum absolute atomic E-state index is 0.174. The Hall–Kier alpha value is -1.20. The van der Waals surface area contributed by atoms with E-state index < -0.39 is 0 Å². The number of amidine groups is 1. The first-order valence-electron chi connectivity index (χ1n) is 7.63. The second-order valence-corrected chi connectivity index (χ2v) is 6.92. The van der Waals surface area contributed by atoms with Crippen molar-refractivity contribution in [3.63, 3.8) is 0 Å². The molecule has 2 rings (SSSR count). The van der Waals surface area contributed by atoms with E-state index in [1.54, 1.807) is 11.8 Å². The summed E-state index contributed by atoms with van der Waals surface area (Å²) in [4.78, 5) is 5.98. The van der Waals surface area contributed by atoms with Gasteiger partial charge < -0.3 is 10.6 Å². The fourth-order valence-corrected chi connectivity index (χ4v) is 3.65. The molecule has 0 atom stereocenters. The van der Waals surface area contributed by atoms with Crippen LogP contribution in [0.3, 0.4) is 0 Å². The third-order valence-electron chi connectivity index (χ3n) is 3.96. The first kappa shape index (κ1) is 16.2. The van der Waals surface area contributed by atoms with E-state index in [1.807, 2.05) is 0 Å². The van der Waals surface area contributed by atoms with Crippen LogP contribution >= 0.6 is 11.8 Å². The Morgan fingerprint density at radius 1 is 1.29 bits per heavy atom. The van der Waals surface area contributed by atoms with E-state index in [4.69, 9.17) is 11.1 Å². The second kappa shape index (κ2) is 7.18. The highest BCUT2D eigenvalue weighted by Crippen LogP contribution is 2.31. The highest BCUT2D eigenvalue weighted by Gasteiger charge is 2.22. The molecular weight excluding hydrogens is 280 g/mol. The standard InChI is InChI=1S/C16H26N4S/c1-4-21-14-7-5-6-13(15(14)16(17)18)20-10-8-19(9-11-20)12(2)3/h5-7,12H,4,8-11H2,1-3H3,(H3,17,18). The largest absolute Gasteiger partial charge is 0.384 e. The predicted octanol–water partition coefficient (Wildman–Crippen LogP) is 2.61. The molecule has 0 spiro atoms. The van der Waals surface area contributed by atoms with Gasteiger partial charge in [-0.25, -0.2) is 0 Å². The van der Waals surface area contributed by atoms with Crippen LogP contribution in [0.15, 0.2) is 23.1 Å². The fraction of sp³-hybridized carbons (Fsp3) is 0.562. The van der Waals surface area contributed by atoms with Gasteiger partial charge in [-0.3, -0.25) is 10.3 Å². The molecule has 0 aromatic heterocycles. The summed E-state index contributed by atoms with van der Waals surface area (Å²) >= 11 is 1.76. The molecule has 0 amide bonds. The highest BCUT2D eigenvalue weighted by molar-refractivity contribution is 7.99. The molecule has 0 saturated carbocycles. The van der Waals surface area contributed by atoms with Gasteiger partial charge in [-0.1, -0.05) is 13.0 Å². The first-order valence-corrected chi connectivity index (χ1v) is 8.62. The van der Waals surface area contributed by atoms with Crippen molar-refractivity contribution in [2.24, 2.45) is 5.73 Å². The number of benzene rings is 1. The van der Waals surface area contributed by atoms with Gasteiger partial charge in [-0.05, 0) is 31.7 Å². The lowest BCUT2D eigenvalue weighted by Crippen LogP contribution is -2.49. The van der Waals surface area contributed by atoms with Crippen LogP contribution in [0.2, 0.25) is 0 Å². The summed E-state index contributed by atoms with van der Waals surface area (Å²) in [6, 6.07) is 6.84. The van der Waals surface area contributed by atoms with Gasteiger partial charge in [0.2, 0.25) is 0 Å². The average Bonchev–Trinajstić information content (AvgIpc) is 2.47. The lowest BCUT2D eigenvalue weighted by Gasteiger charge is -2.39. The van der Waals surface area contributed by atoms with Crippen molar-refractivity contribution in [1.29, 1.82) is 5.41 Å². The van der Waals surface area contributed by atoms with Gasteiger partial charge in [0.15, 0.2) is 0 Å². The molecular formula is C16H26N4S. The molecule has 1 heterocycles. The molecule has 1 aliphatic rings. The van der Waals surface area contributed by atoms with E-state index in [2.05, 4.69) is 48.8 Å². The van der Waals surface area contributed by atoms with Crippen LogP contribution in [-0.4, -0.2) is 48.7 Å². The third-order valence-corrected chi connectivity index (χ3v) is 4.90. The second-order valence-electron chi connectivity index (χ2n) is 5.61. The van der Waals surface area contributed by atoms with Crippen LogP contribution in [-0.2, 0) is 0 Å². The summed E-state index contributed by atoms with van der Waals surface area (Å²) in [5.41, 5.74) is 7.88. The molecule has 1 saturated heterocycles. The number of nitrogens with two attached hydrogens (primary N) is 1. The molecule has 1 fully saturated rings. The minimum Gasteiger partial charge on any atom is -0.384 e. The molecule has 3 N–H and O–H groups in total. The van der Waals surface area contributed by atoms with E-state index in [0.717, 1.165) is 48.1 Å². The molecule has 116 valence electrons. The molecule has 5 heteroatoms. The van der Waals surface area contributed by atoms with E-state index in [1.165, 1.54) is 0 Å². The van der Waals surface area contributed by atoms with Crippen molar-refractivity contribution in [2.75, 3.05) is 36.8 Å². The van der Waals surface area contributed by atoms with Gasteiger partial charge in [-0.15, -0.1) is 11.8 Å². The Kier molecular flexibility index (Phi) is 5.53. The van der Waals surface area contributed by atoms with Crippen LogP contribution in [0.5, 0.6) is 0 Å². The first-order chi connectivity index (χ1) is 10.0. The maximum absolute atomic E-state index is 7.95. The summed E-state index contributed by atoms with van der Waals surface area (Å²) in [6.07, 6.45) is 0. The van der Waals surface area contributed by atoms with Crippen molar-refractivity contribution in [2.45, 2.75) is 31.7 Å². The quantitative estimate of drug-likeness (QED) is 0.499. The monoisotopic (exact) mass is 306 g/mol. The molecule has 1 aliphatic heterocycles. The molecule has 4 nitrogen and oxygen atoms in total. The Balaban J connectivity index is 2.24. The molecule has 0 radical (unpaired) electrons. The fourth-order valence-electron chi connectivity index (χ4n) is 2.81. The van der Waals surface area contributed by atoms with Gasteiger partial charge in [0.1, 0.15) is 5.84 Å². The highest BCUT2D eigenvalue weighted by atomic mass is 32.2. The Morgan fingerprint density at radius 2 is 1.95 bits per heavy atom. The molecule has 1 aromatic rings. The number of nitrogens with one attached hydrogen (secondary N) is 1. The zero-order valence-electron chi connectivity index (χ0n) is 13.2. The summed E-state index contributed by atoms with van der Waals surface area (Å²) in [5.74, 6) is 1.16. The number of anilines is 1. The van der Waals surface area contributed by atoms with Crippen molar-refractivity contribution >= 4 is 23.3 Å². The van der Waals surface area contributed by atoms with E-state index in [0.29, 0.717) is 6.04 Å². The van der Waals surface area contributed by atoms with Crippen molar-refractivity contribution < 1.29 is 0 Å². The number of hydrogen-bond donors (Lipinski definition) is 2. The lowest BCUT2D eigenvalue weighted by molar-refractivity contribution is 0.209. The number of thioether (sulfide) groups is 1. The average molecular weight is 306 g/mol. The molecule has 0 aliphatic carbocycles. The van der Waals surface area contributed by atoms with Crippen molar-refractivity contribution in [3.05, 3.63) is 23.8 Å². The minimum atomic E-state index is 0.174. The summed E-state index contributed by atoms with van der Waals surface area (Å²) in [6.45, 7) is 10.8. The van der Waals surface area contributed by atoms with Crippen molar-refractivity contribution in [3.8, 4) is 0 Å². The van der Waals surface area contributed by atoms with Gasteiger partial charge >= 0.3 is 0 Å². The smallest absolute Gasteiger partial charge is 0.126 e. The summed E-state index contributed by atoms with van der Waals surface area (Å²) in [7, 11) is 0. The Morgan fingerprint density at radius 3 is 2.48 bits per heavy atom. The maximum Gasteiger partial charge on any atom is 0.126 e. The van der Waals surface area contributed by atoms with Crippen LogP contribution < -0.4 is 10.6 Å². The topological polar surface area (TPSA) is 56.4 Å². The van der Waals surface area contributed by atoms with Crippen LogP contribution in [0, 0.1) is 5.41 Å². The van der Waals surface area contributed by atoms with Crippen LogP contribution in [0.4, 0.5) is 5.69 Å². The molecule has 21 heavy (non-hydrogen) atoms. The van der Waals surface area contributed by atoms with Crippen molar-refractivity contribution in [1.82, 2.24) is 4.90 Å². The third kappa shape index (κ3) is 3.71. The Bertz CT molecular complexity index is 493. The number of hydrogen-bond acceptors (Lipinski definition) is 4. The van der Waals surface area contributed by atoms with Gasteiger partial charge in [-0.2, -0.15) is 0 Å². The normalized spacial score (nSPS) is 16.5. The zero-order chi connectivity index (χ0) is 15.4. The van der Waals surface area contributed by atoms with E-state index in [-0.39, 0.29) is 5.84 Å². The van der Waals surface area contributed by atoms with E-state index in [9.17, 15) is 0 Å². The SMILES string of the molecule is CCSc1cccc(N2CCN(C(C)C)CC2)c1C(=N)N. The number of piperazine rings is 1.